The zero-order valence-corrected chi connectivity index (χ0v) is 12.6. The van der Waals surface area contributed by atoms with Gasteiger partial charge in [0, 0.05) is 0 Å². The van der Waals surface area contributed by atoms with Gasteiger partial charge in [-0.2, -0.15) is 5.10 Å². The number of para-hydroxylation sites is 1. The third-order valence-corrected chi connectivity index (χ3v) is 4.12. The van der Waals surface area contributed by atoms with E-state index in [9.17, 15) is 9.90 Å². The molecule has 0 fully saturated rings. The summed E-state index contributed by atoms with van der Waals surface area (Å²) < 4.78 is 2.49. The second-order valence-electron chi connectivity index (χ2n) is 4.93. The molecular weight excluding hydrogens is 308 g/mol. The van der Waals surface area contributed by atoms with Crippen LogP contribution in [0.4, 0.5) is 0 Å². The van der Waals surface area contributed by atoms with Crippen molar-refractivity contribution in [2.24, 2.45) is 0 Å². The van der Waals surface area contributed by atoms with Crippen LogP contribution in [0.25, 0.3) is 5.69 Å². The smallest absolute Gasteiger partial charge is 0.315 e. The fraction of sp³-hybridized carbons (Fsp3) is 0.286. The molecule has 1 heterocycles. The van der Waals surface area contributed by atoms with Crippen molar-refractivity contribution in [3.8, 4) is 5.69 Å². The minimum absolute atomic E-state index is 0.529. The van der Waals surface area contributed by atoms with Gasteiger partial charge in [0.1, 0.15) is 5.41 Å². The number of hydrogen-bond acceptors (Lipinski definition) is 2. The normalized spacial score (nSPS) is 11.6. The highest BCUT2D eigenvalue weighted by Crippen LogP contribution is 2.32. The Kier molecular flexibility index (Phi) is 3.49. The molecule has 1 aromatic carbocycles. The molecule has 0 atom stereocenters. The molecule has 2 aromatic rings. The van der Waals surface area contributed by atoms with Crippen molar-refractivity contribution in [3.63, 3.8) is 0 Å². The molecule has 0 saturated carbocycles. The van der Waals surface area contributed by atoms with Gasteiger partial charge in [0.2, 0.25) is 0 Å². The third-order valence-electron chi connectivity index (χ3n) is 3.17. The number of aliphatic carboxylic acids is 1. The van der Waals surface area contributed by atoms with E-state index in [-0.39, 0.29) is 0 Å². The standard InChI is InChI=1S/C14H15BrN2O2/c1-9-11(15)12(14(2,3)13(18)19)16-17(9)10-7-5-4-6-8-10/h4-8H,1-3H3,(H,18,19). The number of aromatic nitrogens is 2. The van der Waals surface area contributed by atoms with Gasteiger partial charge in [-0.1, -0.05) is 18.2 Å². The lowest BCUT2D eigenvalue weighted by molar-refractivity contribution is -0.142. The zero-order chi connectivity index (χ0) is 14.2. The number of benzene rings is 1. The maximum absolute atomic E-state index is 11.4. The predicted molar refractivity (Wildman–Crippen MR) is 76.7 cm³/mol. The fourth-order valence-electron chi connectivity index (χ4n) is 1.80. The van der Waals surface area contributed by atoms with Crippen molar-refractivity contribution < 1.29 is 9.90 Å². The second kappa shape index (κ2) is 4.81. The Morgan fingerprint density at radius 3 is 2.42 bits per heavy atom. The largest absolute Gasteiger partial charge is 0.481 e. The molecule has 0 radical (unpaired) electrons. The molecule has 0 aliphatic carbocycles. The Balaban J connectivity index is 2.60. The van der Waals surface area contributed by atoms with E-state index in [0.717, 1.165) is 15.9 Å². The zero-order valence-electron chi connectivity index (χ0n) is 11.0. The SMILES string of the molecule is Cc1c(Br)c(C(C)(C)C(=O)O)nn1-c1ccccc1. The maximum atomic E-state index is 11.4. The van der Waals surface area contributed by atoms with Gasteiger partial charge >= 0.3 is 5.97 Å². The summed E-state index contributed by atoms with van der Waals surface area (Å²) in [6.45, 7) is 5.21. The summed E-state index contributed by atoms with van der Waals surface area (Å²) in [6.07, 6.45) is 0. The molecule has 0 unspecified atom stereocenters. The van der Waals surface area contributed by atoms with Crippen LogP contribution in [0, 0.1) is 6.92 Å². The summed E-state index contributed by atoms with van der Waals surface area (Å²) in [6, 6.07) is 9.65. The first kappa shape index (κ1) is 13.8. The van der Waals surface area contributed by atoms with E-state index in [1.807, 2.05) is 37.3 Å². The third kappa shape index (κ3) is 2.30. The average molecular weight is 323 g/mol. The lowest BCUT2D eigenvalue weighted by Gasteiger charge is -2.16. The molecule has 19 heavy (non-hydrogen) atoms. The number of carboxylic acids is 1. The van der Waals surface area contributed by atoms with Gasteiger partial charge in [-0.05, 0) is 48.8 Å². The van der Waals surface area contributed by atoms with Crippen LogP contribution >= 0.6 is 15.9 Å². The summed E-state index contributed by atoms with van der Waals surface area (Å²) >= 11 is 3.46. The Bertz CT molecular complexity index is 618. The summed E-state index contributed by atoms with van der Waals surface area (Å²) in [5, 5.41) is 13.8. The quantitative estimate of drug-likeness (QED) is 0.943. The minimum atomic E-state index is -1.04. The topological polar surface area (TPSA) is 55.1 Å². The number of rotatable bonds is 3. The van der Waals surface area contributed by atoms with E-state index in [1.165, 1.54) is 0 Å². The van der Waals surface area contributed by atoms with Gasteiger partial charge in [0.15, 0.2) is 0 Å². The Hall–Kier alpha value is -1.62. The highest BCUT2D eigenvalue weighted by molar-refractivity contribution is 9.10. The van der Waals surface area contributed by atoms with Gasteiger partial charge < -0.3 is 5.11 Å². The van der Waals surface area contributed by atoms with E-state index >= 15 is 0 Å². The summed E-state index contributed by atoms with van der Waals surface area (Å²) in [5.74, 6) is -0.897. The first-order chi connectivity index (χ1) is 8.85. The van der Waals surface area contributed by atoms with Crippen LogP contribution in [0.15, 0.2) is 34.8 Å². The minimum Gasteiger partial charge on any atom is -0.481 e. The van der Waals surface area contributed by atoms with Gasteiger partial charge in [-0.25, -0.2) is 4.68 Å². The monoisotopic (exact) mass is 322 g/mol. The van der Waals surface area contributed by atoms with E-state index in [2.05, 4.69) is 21.0 Å². The molecule has 0 amide bonds. The van der Waals surface area contributed by atoms with Crippen molar-refractivity contribution in [1.29, 1.82) is 0 Å². The van der Waals surface area contributed by atoms with Crippen LogP contribution < -0.4 is 0 Å². The number of halogens is 1. The van der Waals surface area contributed by atoms with Crippen LogP contribution in [0.3, 0.4) is 0 Å². The van der Waals surface area contributed by atoms with Gasteiger partial charge in [0.25, 0.3) is 0 Å². The summed E-state index contributed by atoms with van der Waals surface area (Å²) in [5.41, 5.74) is 1.29. The van der Waals surface area contributed by atoms with Crippen LogP contribution in [-0.4, -0.2) is 20.9 Å². The van der Waals surface area contributed by atoms with Gasteiger partial charge in [-0.15, -0.1) is 0 Å². The molecule has 100 valence electrons. The molecule has 4 nitrogen and oxygen atoms in total. The number of carboxylic acid groups (broad SMARTS) is 1. The Morgan fingerprint density at radius 2 is 1.89 bits per heavy atom. The Morgan fingerprint density at radius 1 is 1.32 bits per heavy atom. The fourth-order valence-corrected chi connectivity index (χ4v) is 2.55. The highest BCUT2D eigenvalue weighted by Gasteiger charge is 2.35. The van der Waals surface area contributed by atoms with E-state index in [0.29, 0.717) is 5.69 Å². The molecule has 0 spiro atoms. The molecular formula is C14H15BrN2O2. The van der Waals surface area contributed by atoms with Crippen molar-refractivity contribution >= 4 is 21.9 Å². The lowest BCUT2D eigenvalue weighted by Crippen LogP contribution is -2.29. The van der Waals surface area contributed by atoms with Crippen LogP contribution in [0.1, 0.15) is 25.2 Å². The van der Waals surface area contributed by atoms with E-state index in [4.69, 9.17) is 0 Å². The first-order valence-electron chi connectivity index (χ1n) is 5.90. The van der Waals surface area contributed by atoms with E-state index < -0.39 is 11.4 Å². The van der Waals surface area contributed by atoms with Gasteiger partial charge in [0.05, 0.1) is 21.5 Å². The number of nitrogens with zero attached hydrogens (tertiary/aromatic N) is 2. The maximum Gasteiger partial charge on any atom is 0.315 e. The van der Waals surface area contributed by atoms with Crippen LogP contribution in [-0.2, 0) is 10.2 Å². The molecule has 1 N–H and O–H groups in total. The molecule has 2 rings (SSSR count). The Labute approximate surface area is 120 Å². The molecule has 0 aliphatic heterocycles. The second-order valence-corrected chi connectivity index (χ2v) is 5.72. The first-order valence-corrected chi connectivity index (χ1v) is 6.69. The molecule has 5 heteroatoms. The average Bonchev–Trinajstić information content (AvgIpc) is 2.68. The molecule has 0 aliphatic rings. The van der Waals surface area contributed by atoms with E-state index in [1.54, 1.807) is 18.5 Å². The van der Waals surface area contributed by atoms with Gasteiger partial charge in [-0.3, -0.25) is 4.79 Å². The highest BCUT2D eigenvalue weighted by atomic mass is 79.9. The summed E-state index contributed by atoms with van der Waals surface area (Å²) in [4.78, 5) is 11.4. The molecule has 1 aromatic heterocycles. The number of hydrogen-bond donors (Lipinski definition) is 1. The van der Waals surface area contributed by atoms with Crippen molar-refractivity contribution in [2.45, 2.75) is 26.2 Å². The predicted octanol–water partition coefficient (Wildman–Crippen LogP) is 3.31. The molecule has 0 bridgehead atoms. The summed E-state index contributed by atoms with van der Waals surface area (Å²) in [7, 11) is 0. The van der Waals surface area contributed by atoms with Crippen LogP contribution in [0.2, 0.25) is 0 Å². The lowest BCUT2D eigenvalue weighted by atomic mass is 9.89. The molecule has 0 saturated heterocycles. The van der Waals surface area contributed by atoms with Crippen molar-refractivity contribution in [3.05, 3.63) is 46.2 Å². The van der Waals surface area contributed by atoms with Crippen molar-refractivity contribution in [1.82, 2.24) is 9.78 Å². The number of carbonyl (C=O) groups is 1. The van der Waals surface area contributed by atoms with Crippen molar-refractivity contribution in [2.75, 3.05) is 0 Å². The van der Waals surface area contributed by atoms with Crippen LogP contribution in [0.5, 0.6) is 0 Å².